The smallest absolute Gasteiger partial charge is 0.168 e. The fourth-order valence-electron chi connectivity index (χ4n) is 3.37. The Hall–Kier alpha value is -2.81. The molecule has 3 aromatic carbocycles. The highest BCUT2D eigenvalue weighted by Gasteiger charge is 2.23. The summed E-state index contributed by atoms with van der Waals surface area (Å²) >= 11 is 0. The Morgan fingerprint density at radius 2 is 1.21 bits per heavy atom. The molecule has 0 N–H and O–H groups in total. The van der Waals surface area contributed by atoms with Gasteiger partial charge in [-0.2, -0.15) is 0 Å². The molecule has 0 amide bonds. The van der Waals surface area contributed by atoms with Gasteiger partial charge in [0.05, 0.1) is 0 Å². The van der Waals surface area contributed by atoms with Crippen LogP contribution in [0.2, 0.25) is 0 Å². The summed E-state index contributed by atoms with van der Waals surface area (Å²) in [5.74, 6) is -1.73. The van der Waals surface area contributed by atoms with E-state index < -0.39 is 17.0 Å². The third kappa shape index (κ3) is 4.45. The molecule has 0 saturated carbocycles. The van der Waals surface area contributed by atoms with Crippen molar-refractivity contribution in [1.82, 2.24) is 0 Å². The summed E-state index contributed by atoms with van der Waals surface area (Å²) in [6.07, 6.45) is 2.00. The largest absolute Gasteiger partial charge is 0.294 e. The fourth-order valence-corrected chi connectivity index (χ4v) is 3.37. The first-order valence-electron chi connectivity index (χ1n) is 9.95. The van der Waals surface area contributed by atoms with Crippen molar-refractivity contribution in [3.05, 3.63) is 83.4 Å². The van der Waals surface area contributed by atoms with Gasteiger partial charge in [0.1, 0.15) is 0 Å². The molecule has 0 aromatic heterocycles. The lowest BCUT2D eigenvalue weighted by Gasteiger charge is -2.17. The van der Waals surface area contributed by atoms with Crippen LogP contribution in [0.4, 0.5) is 8.78 Å². The Morgan fingerprint density at radius 3 is 1.62 bits per heavy atom. The van der Waals surface area contributed by atoms with Crippen LogP contribution in [-0.2, 0) is 6.42 Å². The number of ketones is 1. The molecular formula is C26H26F2O. The summed E-state index contributed by atoms with van der Waals surface area (Å²) in [5, 5.41) is 0. The SMILES string of the molecule is CCCc1ccc(-c2ccc(-c3ccc(C(=O)C(C)(C)C)cc3)c(F)c2F)cc1. The lowest BCUT2D eigenvalue weighted by molar-refractivity contribution is 0.0858. The molecular weight excluding hydrogens is 366 g/mol. The molecule has 0 aliphatic carbocycles. The van der Waals surface area contributed by atoms with Gasteiger partial charge in [-0.1, -0.05) is 94.8 Å². The molecule has 0 aliphatic heterocycles. The molecule has 1 nitrogen and oxygen atoms in total. The van der Waals surface area contributed by atoms with E-state index in [4.69, 9.17) is 0 Å². The molecule has 29 heavy (non-hydrogen) atoms. The quantitative estimate of drug-likeness (QED) is 0.411. The van der Waals surface area contributed by atoms with Crippen LogP contribution in [-0.4, -0.2) is 5.78 Å². The number of Topliss-reactive ketones (excluding diaryl/α,β-unsaturated/α-hetero) is 1. The molecule has 3 aromatic rings. The van der Waals surface area contributed by atoms with Crippen LogP contribution >= 0.6 is 0 Å². The van der Waals surface area contributed by atoms with Crippen molar-refractivity contribution >= 4 is 5.78 Å². The van der Waals surface area contributed by atoms with Crippen LogP contribution in [0.1, 0.15) is 50.0 Å². The number of benzene rings is 3. The van der Waals surface area contributed by atoms with Crippen molar-refractivity contribution in [1.29, 1.82) is 0 Å². The molecule has 0 atom stereocenters. The van der Waals surface area contributed by atoms with E-state index in [0.717, 1.165) is 12.8 Å². The zero-order valence-corrected chi connectivity index (χ0v) is 17.4. The second-order valence-electron chi connectivity index (χ2n) is 8.39. The van der Waals surface area contributed by atoms with Crippen LogP contribution in [0, 0.1) is 17.0 Å². The molecule has 0 unspecified atom stereocenters. The molecule has 3 heteroatoms. The average Bonchev–Trinajstić information content (AvgIpc) is 2.70. The van der Waals surface area contributed by atoms with E-state index in [0.29, 0.717) is 16.7 Å². The average molecular weight is 392 g/mol. The highest BCUT2D eigenvalue weighted by Crippen LogP contribution is 2.32. The Kier molecular flexibility index (Phi) is 5.97. The predicted molar refractivity (Wildman–Crippen MR) is 115 cm³/mol. The molecule has 150 valence electrons. The number of carbonyl (C=O) groups excluding carboxylic acids is 1. The normalized spacial score (nSPS) is 11.5. The van der Waals surface area contributed by atoms with Crippen LogP contribution in [0.3, 0.4) is 0 Å². The van der Waals surface area contributed by atoms with Crippen LogP contribution in [0.15, 0.2) is 60.7 Å². The van der Waals surface area contributed by atoms with E-state index in [1.807, 2.05) is 45.0 Å². The topological polar surface area (TPSA) is 17.1 Å². The molecule has 0 saturated heterocycles. The van der Waals surface area contributed by atoms with Crippen LogP contribution in [0.5, 0.6) is 0 Å². The van der Waals surface area contributed by atoms with E-state index in [1.54, 1.807) is 36.4 Å². The van der Waals surface area contributed by atoms with E-state index in [2.05, 4.69) is 6.92 Å². The first kappa shape index (κ1) is 20.9. The third-order valence-corrected chi connectivity index (χ3v) is 5.03. The molecule has 0 radical (unpaired) electrons. The van der Waals surface area contributed by atoms with Gasteiger partial charge in [0.15, 0.2) is 17.4 Å². The maximum absolute atomic E-state index is 14.8. The summed E-state index contributed by atoms with van der Waals surface area (Å²) in [4.78, 5) is 12.4. The Bertz CT molecular complexity index is 1010. The van der Waals surface area contributed by atoms with Gasteiger partial charge in [0.25, 0.3) is 0 Å². The minimum Gasteiger partial charge on any atom is -0.294 e. The highest BCUT2D eigenvalue weighted by molar-refractivity contribution is 6.00. The summed E-state index contributed by atoms with van der Waals surface area (Å²) in [6.45, 7) is 7.66. The number of hydrogen-bond acceptors (Lipinski definition) is 1. The number of carbonyl (C=O) groups is 1. The molecule has 0 heterocycles. The first-order chi connectivity index (χ1) is 13.7. The van der Waals surface area contributed by atoms with Gasteiger partial charge in [0.2, 0.25) is 0 Å². The Balaban J connectivity index is 1.92. The minimum atomic E-state index is -0.880. The summed E-state index contributed by atoms with van der Waals surface area (Å²) < 4.78 is 29.7. The minimum absolute atomic E-state index is 0.0116. The molecule has 0 spiro atoms. The van der Waals surface area contributed by atoms with E-state index in [9.17, 15) is 13.6 Å². The van der Waals surface area contributed by atoms with E-state index in [-0.39, 0.29) is 16.9 Å². The molecule has 0 fully saturated rings. The van der Waals surface area contributed by atoms with Crippen molar-refractivity contribution in [3.8, 4) is 22.3 Å². The van der Waals surface area contributed by atoms with Gasteiger partial charge in [-0.25, -0.2) is 8.78 Å². The second-order valence-corrected chi connectivity index (χ2v) is 8.39. The van der Waals surface area contributed by atoms with Crippen molar-refractivity contribution in [2.75, 3.05) is 0 Å². The van der Waals surface area contributed by atoms with E-state index in [1.165, 1.54) is 5.56 Å². The van der Waals surface area contributed by atoms with Gasteiger partial charge in [-0.3, -0.25) is 4.79 Å². The highest BCUT2D eigenvalue weighted by atomic mass is 19.2. The van der Waals surface area contributed by atoms with Crippen molar-refractivity contribution in [2.45, 2.75) is 40.5 Å². The maximum atomic E-state index is 14.8. The number of halogens is 2. The van der Waals surface area contributed by atoms with Gasteiger partial charge >= 0.3 is 0 Å². The van der Waals surface area contributed by atoms with Crippen LogP contribution < -0.4 is 0 Å². The van der Waals surface area contributed by atoms with Gasteiger partial charge in [-0.15, -0.1) is 0 Å². The molecule has 0 bridgehead atoms. The van der Waals surface area contributed by atoms with Crippen molar-refractivity contribution < 1.29 is 13.6 Å². The number of aryl methyl sites for hydroxylation is 1. The van der Waals surface area contributed by atoms with Crippen molar-refractivity contribution in [2.24, 2.45) is 5.41 Å². The maximum Gasteiger partial charge on any atom is 0.168 e. The summed E-state index contributed by atoms with van der Waals surface area (Å²) in [6, 6.07) is 17.4. The fraction of sp³-hybridized carbons (Fsp3) is 0.269. The van der Waals surface area contributed by atoms with Gasteiger partial charge in [-0.05, 0) is 23.1 Å². The lowest BCUT2D eigenvalue weighted by Crippen LogP contribution is -2.19. The van der Waals surface area contributed by atoms with Crippen molar-refractivity contribution in [3.63, 3.8) is 0 Å². The summed E-state index contributed by atoms with van der Waals surface area (Å²) in [5.41, 5.74) is 2.87. The standard InChI is InChI=1S/C26H26F2O/c1-5-6-17-7-9-18(10-8-17)21-15-16-22(24(28)23(21)27)19-11-13-20(14-12-19)25(29)26(2,3)4/h7-16H,5-6H2,1-4H3. The number of hydrogen-bond donors (Lipinski definition) is 0. The molecule has 0 aliphatic rings. The zero-order valence-electron chi connectivity index (χ0n) is 17.4. The van der Waals surface area contributed by atoms with E-state index >= 15 is 0 Å². The number of rotatable bonds is 5. The zero-order chi connectivity index (χ0) is 21.2. The predicted octanol–water partition coefficient (Wildman–Crippen LogP) is 7.48. The van der Waals surface area contributed by atoms with Gasteiger partial charge in [0, 0.05) is 22.1 Å². The monoisotopic (exact) mass is 392 g/mol. The second kappa shape index (κ2) is 8.28. The first-order valence-corrected chi connectivity index (χ1v) is 9.95. The Morgan fingerprint density at radius 1 is 0.759 bits per heavy atom. The van der Waals surface area contributed by atoms with Gasteiger partial charge < -0.3 is 0 Å². The molecule has 3 rings (SSSR count). The lowest BCUT2D eigenvalue weighted by atomic mass is 9.86. The Labute approximate surface area is 171 Å². The van der Waals surface area contributed by atoms with Crippen LogP contribution in [0.25, 0.3) is 22.3 Å². The summed E-state index contributed by atoms with van der Waals surface area (Å²) in [7, 11) is 0. The third-order valence-electron chi connectivity index (χ3n) is 5.03.